The second-order valence-corrected chi connectivity index (χ2v) is 13.9. The number of hydrazine groups is 1. The maximum atomic E-state index is 10.8. The largest absolute Gasteiger partial charge is 0.449 e. The molecule has 0 aromatic heterocycles. The number of carbonyl (C=O) groups excluding carboxylic acids is 1. The van der Waals surface area contributed by atoms with Gasteiger partial charge in [0.2, 0.25) is 10.0 Å². The zero-order valence-electron chi connectivity index (χ0n) is 26.4. The summed E-state index contributed by atoms with van der Waals surface area (Å²) in [7, 11) is -2.87. The van der Waals surface area contributed by atoms with Crippen molar-refractivity contribution in [3.63, 3.8) is 0 Å². The molecule has 14 nitrogen and oxygen atoms in total. The molecule has 7 saturated heterocycles. The van der Waals surface area contributed by atoms with Gasteiger partial charge in [0.25, 0.3) is 0 Å². The summed E-state index contributed by atoms with van der Waals surface area (Å²) in [4.78, 5) is 16.4. The number of alkyl carbamates (subject to hydrolysis) is 1. The number of amides is 1. The van der Waals surface area contributed by atoms with E-state index in [1.54, 1.807) is 6.34 Å². The van der Waals surface area contributed by atoms with Gasteiger partial charge in [0.05, 0.1) is 25.2 Å². The Morgan fingerprint density at radius 2 is 1.68 bits per heavy atom. The number of carbonyl (C=O) groups is 1. The first-order valence-corrected chi connectivity index (χ1v) is 19.0. The Morgan fingerprint density at radius 1 is 0.886 bits per heavy atom. The Kier molecular flexibility index (Phi) is 23.5. The summed E-state index contributed by atoms with van der Waals surface area (Å²) < 4.78 is 28.5. The highest BCUT2D eigenvalue weighted by Crippen LogP contribution is 2.13. The number of hydrogen-bond acceptors (Lipinski definition) is 13. The van der Waals surface area contributed by atoms with Crippen LogP contribution in [0.4, 0.5) is 4.79 Å². The number of nitrogens with zero attached hydrogens (tertiary/aromatic N) is 2. The van der Waals surface area contributed by atoms with Crippen molar-refractivity contribution in [2.45, 2.75) is 51.0 Å². The maximum Gasteiger partial charge on any atom is 0.407 e. The van der Waals surface area contributed by atoms with Gasteiger partial charge in [-0.3, -0.25) is 20.7 Å². The average molecular weight is 663 g/mol. The summed E-state index contributed by atoms with van der Waals surface area (Å²) in [6.07, 6.45) is 13.5. The number of nitrogens with one attached hydrogen (secondary N) is 8. The highest BCUT2D eigenvalue weighted by Gasteiger charge is 2.23. The number of aliphatic imine (C=N–C) groups is 1. The molecule has 9 heterocycles. The first-order valence-electron chi connectivity index (χ1n) is 16.2. The van der Waals surface area contributed by atoms with E-state index in [9.17, 15) is 13.2 Å². The number of rotatable bonds is 0. The minimum absolute atomic E-state index is 0.286. The normalized spacial score (nSPS) is 27.0. The molecule has 0 unspecified atom stereocenters. The van der Waals surface area contributed by atoms with E-state index in [2.05, 4.69) is 68.9 Å². The minimum Gasteiger partial charge on any atom is -0.449 e. The van der Waals surface area contributed by atoms with Gasteiger partial charge in [-0.1, -0.05) is 18.6 Å². The van der Waals surface area contributed by atoms with Gasteiger partial charge in [-0.25, -0.2) is 17.9 Å². The third kappa shape index (κ3) is 22.9. The monoisotopic (exact) mass is 662 g/mol. The number of cyclic esters (lactones) is 1. The number of fused-ring (bicyclic) bond motifs is 3. The van der Waals surface area contributed by atoms with Crippen LogP contribution in [0.5, 0.6) is 0 Å². The molecule has 7 fully saturated rings. The van der Waals surface area contributed by atoms with E-state index in [0.717, 1.165) is 84.2 Å². The van der Waals surface area contributed by atoms with E-state index in [0.29, 0.717) is 18.9 Å². The fourth-order valence-electron chi connectivity index (χ4n) is 4.47. The molecule has 8 N–H and O–H groups in total. The van der Waals surface area contributed by atoms with E-state index in [4.69, 9.17) is 0 Å². The van der Waals surface area contributed by atoms with Crippen LogP contribution in [0.15, 0.2) is 17.1 Å². The van der Waals surface area contributed by atoms with E-state index in [1.165, 1.54) is 50.5 Å². The standard InChI is InChI=1S/C6H12N2.C5H11NO2S.C4H7NO2.C4H7N.C3H6N2.C3H8N2.C3H7NS/c1-3-8-4-2-6(1)7-5-8;7-9(8)5-3-1-2-4-6-9;6-4-5-2-1-3-7-4;1-2-4-5-3-1;1-2-5-3-4-1;1-2-4-5-3-1;1-2-5-3-4-1/h6-7H,1-5H2;6H,1-5H2;1-3H2,(H,5,6);1-2,5H,3-4H2;3H,1-2H2,(H,4,5);4-5H,1-3H2;4H,1-3H2. The molecule has 256 valence electrons. The van der Waals surface area contributed by atoms with Crippen molar-refractivity contribution in [1.82, 2.24) is 47.1 Å². The molecule has 0 aromatic rings. The molecule has 0 aromatic carbocycles. The van der Waals surface area contributed by atoms with Crippen molar-refractivity contribution < 1.29 is 17.9 Å². The summed E-state index contributed by atoms with van der Waals surface area (Å²) in [6, 6.07) is 0.861. The van der Waals surface area contributed by atoms with Crippen LogP contribution in [0.25, 0.3) is 0 Å². The molecular weight excluding hydrogens is 605 g/mol. The average Bonchev–Trinajstić information content (AvgIpc) is 3.90. The van der Waals surface area contributed by atoms with Crippen molar-refractivity contribution in [3.05, 3.63) is 12.2 Å². The summed E-state index contributed by atoms with van der Waals surface area (Å²) in [5.74, 6) is 2.78. The summed E-state index contributed by atoms with van der Waals surface area (Å²) >= 11 is 1.96. The summed E-state index contributed by atoms with van der Waals surface area (Å²) in [6.45, 7) is 13.4. The predicted molar refractivity (Wildman–Crippen MR) is 182 cm³/mol. The van der Waals surface area contributed by atoms with Gasteiger partial charge in [0.1, 0.15) is 0 Å². The highest BCUT2D eigenvalue weighted by atomic mass is 32.2. The van der Waals surface area contributed by atoms with Crippen molar-refractivity contribution in [1.29, 1.82) is 0 Å². The number of piperidine rings is 1. The van der Waals surface area contributed by atoms with Crippen LogP contribution in [0.2, 0.25) is 0 Å². The summed E-state index contributed by atoms with van der Waals surface area (Å²) in [5.41, 5.74) is 5.94. The van der Waals surface area contributed by atoms with Crippen LogP contribution >= 0.6 is 11.8 Å². The van der Waals surface area contributed by atoms with Gasteiger partial charge >= 0.3 is 6.09 Å². The smallest absolute Gasteiger partial charge is 0.407 e. The van der Waals surface area contributed by atoms with Crippen molar-refractivity contribution >= 4 is 34.2 Å². The second-order valence-electron chi connectivity index (χ2n) is 10.8. The molecule has 16 heteroatoms. The lowest BCUT2D eigenvalue weighted by molar-refractivity contribution is 0.117. The quantitative estimate of drug-likeness (QED) is 0.160. The fraction of sp³-hybridized carbons (Fsp3) is 0.857. The third-order valence-corrected chi connectivity index (χ3v) is 9.41. The summed E-state index contributed by atoms with van der Waals surface area (Å²) in [5, 5.41) is 15.2. The van der Waals surface area contributed by atoms with Crippen LogP contribution in [-0.4, -0.2) is 134 Å². The molecule has 44 heavy (non-hydrogen) atoms. The maximum absolute atomic E-state index is 10.8. The topological polar surface area (TPSA) is 172 Å². The first kappa shape index (κ1) is 38.7. The van der Waals surface area contributed by atoms with Gasteiger partial charge in [0.15, 0.2) is 0 Å². The minimum atomic E-state index is -2.87. The van der Waals surface area contributed by atoms with Crippen molar-refractivity contribution in [3.8, 4) is 0 Å². The lowest BCUT2D eigenvalue weighted by Gasteiger charge is -2.39. The van der Waals surface area contributed by atoms with Crippen LogP contribution in [0.1, 0.15) is 44.9 Å². The lowest BCUT2D eigenvalue weighted by Crippen LogP contribution is -2.54. The Balaban J connectivity index is 0.000000181. The van der Waals surface area contributed by atoms with Crippen molar-refractivity contribution in [2.24, 2.45) is 4.99 Å². The Morgan fingerprint density at radius 3 is 2.00 bits per heavy atom. The van der Waals surface area contributed by atoms with Crippen molar-refractivity contribution in [2.75, 3.05) is 103 Å². The van der Waals surface area contributed by atoms with Crippen LogP contribution < -0.4 is 42.2 Å². The first-order chi connectivity index (χ1) is 21.6. The van der Waals surface area contributed by atoms with Crippen LogP contribution in [0.3, 0.4) is 0 Å². The third-order valence-electron chi connectivity index (χ3n) is 7.04. The number of sulfonamides is 1. The molecule has 0 saturated carbocycles. The molecule has 2 bridgehead atoms. The second kappa shape index (κ2) is 26.7. The molecule has 0 radical (unpaired) electrons. The SMILES string of the molecule is C1=CCNC1.C1=NCCN1.C1CN2CCC1NC2.C1CNNC1.C1CSCN1.O=C1NCCCO1.O=S1(=O)CCCCCN1. The molecule has 9 rings (SSSR count). The Bertz CT molecular complexity index is 768. The number of hydrogen-bond donors (Lipinski definition) is 8. The zero-order valence-corrected chi connectivity index (χ0v) is 28.0. The van der Waals surface area contributed by atoms with Gasteiger partial charge in [-0.05, 0) is 38.5 Å². The molecule has 1 amide bonds. The number of ether oxygens (including phenoxy) is 1. The van der Waals surface area contributed by atoms with Crippen LogP contribution in [-0.2, 0) is 14.8 Å². The highest BCUT2D eigenvalue weighted by molar-refractivity contribution is 7.99. The van der Waals surface area contributed by atoms with Gasteiger partial charge < -0.3 is 31.3 Å². The van der Waals surface area contributed by atoms with E-state index >= 15 is 0 Å². The molecule has 9 aliphatic rings. The Hall–Kier alpha value is -1.50. The molecule has 0 spiro atoms. The van der Waals surface area contributed by atoms with Gasteiger partial charge in [0, 0.05) is 89.8 Å². The molecule has 0 atom stereocenters. The van der Waals surface area contributed by atoms with Crippen LogP contribution in [0, 0.1) is 0 Å². The number of thioether (sulfide) groups is 1. The van der Waals surface area contributed by atoms with E-state index in [-0.39, 0.29) is 6.09 Å². The Labute approximate surface area is 269 Å². The fourth-order valence-corrected chi connectivity index (χ4v) is 6.37. The lowest BCUT2D eigenvalue weighted by atomic mass is 10.0. The van der Waals surface area contributed by atoms with E-state index < -0.39 is 10.0 Å². The zero-order chi connectivity index (χ0) is 31.4. The van der Waals surface area contributed by atoms with Gasteiger partial charge in [-0.15, -0.1) is 11.8 Å². The van der Waals surface area contributed by atoms with Gasteiger partial charge in [-0.2, -0.15) is 0 Å². The molecular formula is C28H58N10O4S2. The van der Waals surface area contributed by atoms with E-state index in [1.807, 2.05) is 11.8 Å². The predicted octanol–water partition coefficient (Wildman–Crippen LogP) is -0.254. The molecule has 0 aliphatic carbocycles. The molecule has 9 aliphatic heterocycles.